The number of aromatic nitrogens is 2. The van der Waals surface area contributed by atoms with Crippen molar-refractivity contribution in [3.05, 3.63) is 30.1 Å². The van der Waals surface area contributed by atoms with Gasteiger partial charge in [0.25, 0.3) is 0 Å². The second kappa shape index (κ2) is 3.78. The van der Waals surface area contributed by atoms with E-state index in [-0.39, 0.29) is 5.78 Å². The fraction of sp³-hybridized carbons (Fsp3) is 0.100. The summed E-state index contributed by atoms with van der Waals surface area (Å²) in [5, 5.41) is 0.390. The van der Waals surface area contributed by atoms with E-state index in [1.165, 1.54) is 18.3 Å². The maximum atomic E-state index is 11.3. The zero-order valence-corrected chi connectivity index (χ0v) is 8.91. The Bertz CT molecular complexity index is 493. The van der Waals surface area contributed by atoms with Gasteiger partial charge in [-0.2, -0.15) is 0 Å². The molecule has 0 atom stereocenters. The topological polar surface area (TPSA) is 68.9 Å². The quantitative estimate of drug-likeness (QED) is 0.784. The summed E-state index contributed by atoms with van der Waals surface area (Å²) in [6, 6.07) is 5.52. The van der Waals surface area contributed by atoms with Crippen LogP contribution in [0.4, 0.5) is 5.13 Å². The van der Waals surface area contributed by atoms with Gasteiger partial charge in [-0.05, 0) is 12.1 Å². The van der Waals surface area contributed by atoms with E-state index in [1.54, 1.807) is 6.20 Å². The predicted molar refractivity (Wildman–Crippen MR) is 59.8 cm³/mol. The van der Waals surface area contributed by atoms with Crippen molar-refractivity contribution in [2.24, 2.45) is 0 Å². The molecule has 4 nitrogen and oxygen atoms in total. The highest BCUT2D eigenvalue weighted by atomic mass is 32.1. The summed E-state index contributed by atoms with van der Waals surface area (Å²) >= 11 is 1.28. The van der Waals surface area contributed by atoms with Crippen LogP contribution in [0, 0.1) is 0 Å². The van der Waals surface area contributed by atoms with Crippen molar-refractivity contribution in [1.29, 1.82) is 0 Å². The van der Waals surface area contributed by atoms with E-state index in [2.05, 4.69) is 9.97 Å². The molecule has 2 heterocycles. The van der Waals surface area contributed by atoms with Gasteiger partial charge < -0.3 is 5.73 Å². The van der Waals surface area contributed by atoms with Crippen LogP contribution in [-0.4, -0.2) is 15.8 Å². The zero-order chi connectivity index (χ0) is 10.8. The number of anilines is 1. The Morgan fingerprint density at radius 1 is 1.47 bits per heavy atom. The van der Waals surface area contributed by atoms with Crippen molar-refractivity contribution in [1.82, 2.24) is 9.97 Å². The number of hydrogen-bond acceptors (Lipinski definition) is 5. The summed E-state index contributed by atoms with van der Waals surface area (Å²) in [6.07, 6.45) is 1.68. The van der Waals surface area contributed by atoms with E-state index in [4.69, 9.17) is 5.73 Å². The van der Waals surface area contributed by atoms with Crippen LogP contribution < -0.4 is 5.73 Å². The Hall–Kier alpha value is -1.75. The predicted octanol–water partition coefficient (Wildman–Crippen LogP) is 1.99. The second-order valence-corrected chi connectivity index (χ2v) is 4.03. The van der Waals surface area contributed by atoms with E-state index < -0.39 is 0 Å². The molecule has 2 N–H and O–H groups in total. The number of pyridine rings is 1. The van der Waals surface area contributed by atoms with Gasteiger partial charge in [-0.15, -0.1) is 0 Å². The third-order valence-electron chi connectivity index (χ3n) is 1.87. The standard InChI is InChI=1S/C10H9N3OS/c1-6(14)8-9(15-10(11)13-8)7-4-2-3-5-12-7/h2-5H,1H3,(H2,11,13). The Kier molecular flexibility index (Phi) is 2.47. The molecule has 0 saturated carbocycles. The molecule has 0 aliphatic heterocycles. The van der Waals surface area contributed by atoms with Crippen molar-refractivity contribution in [3.8, 4) is 10.6 Å². The number of nitrogens with zero attached hydrogens (tertiary/aromatic N) is 2. The van der Waals surface area contributed by atoms with Crippen molar-refractivity contribution in [3.63, 3.8) is 0 Å². The van der Waals surface area contributed by atoms with Gasteiger partial charge in [-0.1, -0.05) is 17.4 Å². The summed E-state index contributed by atoms with van der Waals surface area (Å²) in [4.78, 5) is 20.2. The van der Waals surface area contributed by atoms with Crippen LogP contribution >= 0.6 is 11.3 Å². The minimum atomic E-state index is -0.0939. The summed E-state index contributed by atoms with van der Waals surface area (Å²) in [5.74, 6) is -0.0939. The van der Waals surface area contributed by atoms with Crippen LogP contribution in [-0.2, 0) is 0 Å². The summed E-state index contributed by atoms with van der Waals surface area (Å²) < 4.78 is 0. The van der Waals surface area contributed by atoms with E-state index >= 15 is 0 Å². The summed E-state index contributed by atoms with van der Waals surface area (Å²) in [5.41, 5.74) is 6.71. The third-order valence-corrected chi connectivity index (χ3v) is 2.78. The molecule has 0 amide bonds. The van der Waals surface area contributed by atoms with Gasteiger partial charge in [0.2, 0.25) is 0 Å². The van der Waals surface area contributed by atoms with Gasteiger partial charge in [0.15, 0.2) is 10.9 Å². The molecule has 0 spiro atoms. The molecular weight excluding hydrogens is 210 g/mol. The normalized spacial score (nSPS) is 10.2. The van der Waals surface area contributed by atoms with Gasteiger partial charge in [-0.25, -0.2) is 4.98 Å². The van der Waals surface area contributed by atoms with Crippen molar-refractivity contribution in [2.45, 2.75) is 6.92 Å². The number of carbonyl (C=O) groups is 1. The van der Waals surface area contributed by atoms with E-state index in [0.29, 0.717) is 10.8 Å². The number of nitrogens with two attached hydrogens (primary N) is 1. The molecule has 15 heavy (non-hydrogen) atoms. The molecule has 0 saturated heterocycles. The van der Waals surface area contributed by atoms with Crippen LogP contribution in [0.5, 0.6) is 0 Å². The Labute approximate surface area is 90.8 Å². The first-order chi connectivity index (χ1) is 7.18. The molecule has 2 aromatic heterocycles. The van der Waals surface area contributed by atoms with Crippen LogP contribution in [0.3, 0.4) is 0 Å². The van der Waals surface area contributed by atoms with Gasteiger partial charge in [-0.3, -0.25) is 9.78 Å². The largest absolute Gasteiger partial charge is 0.375 e. The first kappa shape index (κ1) is 9.79. The van der Waals surface area contributed by atoms with Crippen LogP contribution in [0.1, 0.15) is 17.4 Å². The van der Waals surface area contributed by atoms with Crippen LogP contribution in [0.25, 0.3) is 10.6 Å². The zero-order valence-electron chi connectivity index (χ0n) is 8.10. The third kappa shape index (κ3) is 1.87. The maximum Gasteiger partial charge on any atom is 0.181 e. The Balaban J connectivity index is 2.58. The number of hydrogen-bond donors (Lipinski definition) is 1. The van der Waals surface area contributed by atoms with Crippen molar-refractivity contribution < 1.29 is 4.79 Å². The smallest absolute Gasteiger partial charge is 0.181 e. The first-order valence-electron chi connectivity index (χ1n) is 4.37. The van der Waals surface area contributed by atoms with Crippen LogP contribution in [0.2, 0.25) is 0 Å². The molecule has 0 unspecified atom stereocenters. The highest BCUT2D eigenvalue weighted by Crippen LogP contribution is 2.30. The van der Waals surface area contributed by atoms with E-state index in [9.17, 15) is 4.79 Å². The first-order valence-corrected chi connectivity index (χ1v) is 5.19. The maximum absolute atomic E-state index is 11.3. The van der Waals surface area contributed by atoms with Crippen LogP contribution in [0.15, 0.2) is 24.4 Å². The average Bonchev–Trinajstić information content (AvgIpc) is 2.62. The Morgan fingerprint density at radius 3 is 2.87 bits per heavy atom. The van der Waals surface area contributed by atoms with Crippen molar-refractivity contribution in [2.75, 3.05) is 5.73 Å². The number of ketones is 1. The molecule has 0 aliphatic carbocycles. The lowest BCUT2D eigenvalue weighted by molar-refractivity contribution is 0.101. The lowest BCUT2D eigenvalue weighted by atomic mass is 10.2. The number of carbonyl (C=O) groups excluding carboxylic acids is 1. The van der Waals surface area contributed by atoms with Gasteiger partial charge in [0.1, 0.15) is 5.69 Å². The molecule has 0 radical (unpaired) electrons. The number of thiazole rings is 1. The number of nitrogen functional groups attached to an aromatic ring is 1. The van der Waals surface area contributed by atoms with Gasteiger partial charge >= 0.3 is 0 Å². The van der Waals surface area contributed by atoms with E-state index in [1.807, 2.05) is 18.2 Å². The fourth-order valence-corrected chi connectivity index (χ4v) is 2.10. The molecule has 0 aromatic carbocycles. The van der Waals surface area contributed by atoms with Gasteiger partial charge in [0, 0.05) is 13.1 Å². The lowest BCUT2D eigenvalue weighted by Crippen LogP contribution is -1.96. The molecule has 0 aliphatic rings. The molecule has 2 rings (SSSR count). The minimum Gasteiger partial charge on any atom is -0.375 e. The molecule has 0 fully saturated rings. The summed E-state index contributed by atoms with van der Waals surface area (Å²) in [6.45, 7) is 1.47. The Morgan fingerprint density at radius 2 is 2.27 bits per heavy atom. The molecule has 0 bridgehead atoms. The average molecular weight is 219 g/mol. The molecule has 5 heteroatoms. The number of rotatable bonds is 2. The number of Topliss-reactive ketones (excluding diaryl/α,β-unsaturated/α-hetero) is 1. The SMILES string of the molecule is CC(=O)c1nc(N)sc1-c1ccccn1. The summed E-state index contributed by atoms with van der Waals surface area (Å²) in [7, 11) is 0. The monoisotopic (exact) mass is 219 g/mol. The molecule has 76 valence electrons. The van der Waals surface area contributed by atoms with Crippen molar-refractivity contribution >= 4 is 22.3 Å². The minimum absolute atomic E-state index is 0.0939. The lowest BCUT2D eigenvalue weighted by Gasteiger charge is -1.96. The highest BCUT2D eigenvalue weighted by Gasteiger charge is 2.15. The molecule has 2 aromatic rings. The van der Waals surface area contributed by atoms with Gasteiger partial charge in [0.05, 0.1) is 10.6 Å². The fourth-order valence-electron chi connectivity index (χ4n) is 1.25. The second-order valence-electron chi connectivity index (χ2n) is 3.00. The molecular formula is C10H9N3OS. The van der Waals surface area contributed by atoms with E-state index in [0.717, 1.165) is 10.6 Å². The highest BCUT2D eigenvalue weighted by molar-refractivity contribution is 7.19.